The summed E-state index contributed by atoms with van der Waals surface area (Å²) < 4.78 is 5.29. The predicted octanol–water partition coefficient (Wildman–Crippen LogP) is -0.729. The Balaban J connectivity index is 2.12. The van der Waals surface area contributed by atoms with Crippen LogP contribution in [0.25, 0.3) is 0 Å². The number of nitrogens with two attached hydrogens (primary N) is 1. The lowest BCUT2D eigenvalue weighted by Gasteiger charge is -2.17. The van der Waals surface area contributed by atoms with Crippen molar-refractivity contribution in [3.63, 3.8) is 0 Å². The first-order valence-electron chi connectivity index (χ1n) is 6.50. The van der Waals surface area contributed by atoms with Crippen LogP contribution in [0.15, 0.2) is 0 Å². The monoisotopic (exact) mass is 281 g/mol. The van der Waals surface area contributed by atoms with Gasteiger partial charge in [0.05, 0.1) is 6.61 Å². The molecular formula is C11H19N7O2. The van der Waals surface area contributed by atoms with Gasteiger partial charge in [0.2, 0.25) is 17.8 Å². The van der Waals surface area contributed by atoms with Crippen molar-refractivity contribution in [1.82, 2.24) is 20.3 Å². The summed E-state index contributed by atoms with van der Waals surface area (Å²) in [6.07, 6.45) is 0.848. The summed E-state index contributed by atoms with van der Waals surface area (Å²) in [7, 11) is 0. The molecule has 20 heavy (non-hydrogen) atoms. The number of hydrogen-bond acceptors (Lipinski definition) is 8. The van der Waals surface area contributed by atoms with Gasteiger partial charge in [-0.3, -0.25) is 10.2 Å². The van der Waals surface area contributed by atoms with E-state index in [1.165, 1.54) is 6.92 Å². The molecular weight excluding hydrogens is 262 g/mol. The van der Waals surface area contributed by atoms with Gasteiger partial charge in [-0.2, -0.15) is 15.0 Å². The van der Waals surface area contributed by atoms with Crippen LogP contribution in [0.5, 0.6) is 6.01 Å². The molecule has 1 amide bonds. The van der Waals surface area contributed by atoms with Crippen LogP contribution < -0.4 is 26.2 Å². The largest absolute Gasteiger partial charge is 0.464 e. The number of rotatable bonds is 5. The SMILES string of the molecule is CCOc1nc(NN)nc(N2CCC(NC(C)=O)C2)n1. The molecule has 1 fully saturated rings. The number of nitrogens with zero attached hydrogens (tertiary/aromatic N) is 4. The third kappa shape index (κ3) is 3.44. The van der Waals surface area contributed by atoms with Crippen molar-refractivity contribution < 1.29 is 9.53 Å². The lowest BCUT2D eigenvalue weighted by Crippen LogP contribution is -2.36. The highest BCUT2D eigenvalue weighted by atomic mass is 16.5. The van der Waals surface area contributed by atoms with Crippen molar-refractivity contribution in [3.05, 3.63) is 0 Å². The normalized spacial score (nSPS) is 17.9. The molecule has 9 nitrogen and oxygen atoms in total. The van der Waals surface area contributed by atoms with Crippen molar-refractivity contribution in [2.24, 2.45) is 5.84 Å². The first kappa shape index (κ1) is 14.3. The van der Waals surface area contributed by atoms with Gasteiger partial charge >= 0.3 is 6.01 Å². The number of hydrogen-bond donors (Lipinski definition) is 3. The zero-order chi connectivity index (χ0) is 14.5. The third-order valence-electron chi connectivity index (χ3n) is 2.88. The molecule has 2 heterocycles. The lowest BCUT2D eigenvalue weighted by molar-refractivity contribution is -0.119. The minimum absolute atomic E-state index is 0.0354. The van der Waals surface area contributed by atoms with Gasteiger partial charge in [0, 0.05) is 26.1 Å². The van der Waals surface area contributed by atoms with Gasteiger partial charge in [0.25, 0.3) is 0 Å². The summed E-state index contributed by atoms with van der Waals surface area (Å²) in [5, 5.41) is 2.89. The molecule has 1 aromatic rings. The number of hydrazine groups is 1. The van der Waals surface area contributed by atoms with Gasteiger partial charge < -0.3 is 15.0 Å². The van der Waals surface area contributed by atoms with E-state index in [-0.39, 0.29) is 23.9 Å². The average Bonchev–Trinajstić information content (AvgIpc) is 2.86. The van der Waals surface area contributed by atoms with E-state index in [1.807, 2.05) is 11.8 Å². The van der Waals surface area contributed by atoms with Gasteiger partial charge in [0.15, 0.2) is 0 Å². The van der Waals surface area contributed by atoms with E-state index in [0.29, 0.717) is 19.1 Å². The fraction of sp³-hybridized carbons (Fsp3) is 0.636. The van der Waals surface area contributed by atoms with E-state index >= 15 is 0 Å². The molecule has 1 atom stereocenters. The Morgan fingerprint density at radius 2 is 2.30 bits per heavy atom. The summed E-state index contributed by atoms with van der Waals surface area (Å²) in [5.74, 6) is 6.05. The van der Waals surface area contributed by atoms with Crippen LogP contribution >= 0.6 is 0 Å². The molecule has 0 aliphatic carbocycles. The Morgan fingerprint density at radius 1 is 1.50 bits per heavy atom. The van der Waals surface area contributed by atoms with Gasteiger partial charge in [-0.25, -0.2) is 5.84 Å². The molecule has 1 saturated heterocycles. The van der Waals surface area contributed by atoms with Crippen molar-refractivity contribution >= 4 is 17.8 Å². The van der Waals surface area contributed by atoms with Crippen molar-refractivity contribution in [2.75, 3.05) is 30.0 Å². The summed E-state index contributed by atoms with van der Waals surface area (Å²) in [5.41, 5.74) is 2.39. The number of amides is 1. The highest BCUT2D eigenvalue weighted by Gasteiger charge is 2.25. The minimum atomic E-state index is -0.0354. The molecule has 0 bridgehead atoms. The topological polar surface area (TPSA) is 118 Å². The van der Waals surface area contributed by atoms with Crippen LogP contribution in [0.4, 0.5) is 11.9 Å². The summed E-state index contributed by atoms with van der Waals surface area (Å²) in [6.45, 7) is 5.22. The summed E-state index contributed by atoms with van der Waals surface area (Å²) in [6, 6.07) is 0.336. The van der Waals surface area contributed by atoms with Crippen molar-refractivity contribution in [1.29, 1.82) is 0 Å². The molecule has 4 N–H and O–H groups in total. The van der Waals surface area contributed by atoms with Gasteiger partial charge in [-0.15, -0.1) is 0 Å². The number of nitrogen functional groups attached to an aromatic ring is 1. The van der Waals surface area contributed by atoms with Gasteiger partial charge in [-0.05, 0) is 13.3 Å². The van der Waals surface area contributed by atoms with Crippen LogP contribution in [0.2, 0.25) is 0 Å². The van der Waals surface area contributed by atoms with Crippen LogP contribution in [-0.4, -0.2) is 46.6 Å². The zero-order valence-electron chi connectivity index (χ0n) is 11.6. The standard InChI is InChI=1S/C11H19N7O2/c1-3-20-11-15-9(17-12)14-10(16-11)18-5-4-8(6-18)13-7(2)19/h8H,3-6,12H2,1-2H3,(H,13,19)(H,14,15,16,17). The molecule has 0 spiro atoms. The maximum absolute atomic E-state index is 11.1. The minimum Gasteiger partial charge on any atom is -0.464 e. The highest BCUT2D eigenvalue weighted by molar-refractivity contribution is 5.73. The molecule has 1 aliphatic heterocycles. The molecule has 1 aromatic heterocycles. The van der Waals surface area contributed by atoms with Crippen LogP contribution in [0.1, 0.15) is 20.3 Å². The highest BCUT2D eigenvalue weighted by Crippen LogP contribution is 2.19. The lowest BCUT2D eigenvalue weighted by atomic mass is 10.3. The van der Waals surface area contributed by atoms with E-state index in [2.05, 4.69) is 25.7 Å². The second-order valence-electron chi connectivity index (χ2n) is 4.45. The molecule has 0 saturated carbocycles. The van der Waals surface area contributed by atoms with Crippen molar-refractivity contribution in [2.45, 2.75) is 26.3 Å². The Morgan fingerprint density at radius 3 is 2.95 bits per heavy atom. The molecule has 1 unspecified atom stereocenters. The van der Waals surface area contributed by atoms with E-state index in [0.717, 1.165) is 13.0 Å². The van der Waals surface area contributed by atoms with Crippen LogP contribution in [-0.2, 0) is 4.79 Å². The predicted molar refractivity (Wildman–Crippen MR) is 73.2 cm³/mol. The van der Waals surface area contributed by atoms with Crippen LogP contribution in [0.3, 0.4) is 0 Å². The Labute approximate surface area is 116 Å². The van der Waals surface area contributed by atoms with E-state index in [1.54, 1.807) is 0 Å². The number of ether oxygens (including phenoxy) is 1. The molecule has 2 rings (SSSR count). The molecule has 110 valence electrons. The van der Waals surface area contributed by atoms with Crippen LogP contribution in [0, 0.1) is 0 Å². The molecule has 0 radical (unpaired) electrons. The first-order chi connectivity index (χ1) is 9.62. The Kier molecular flexibility index (Phi) is 4.51. The molecule has 0 aromatic carbocycles. The molecule has 1 aliphatic rings. The fourth-order valence-electron chi connectivity index (χ4n) is 2.09. The van der Waals surface area contributed by atoms with E-state index in [9.17, 15) is 4.79 Å². The van der Waals surface area contributed by atoms with Gasteiger partial charge in [0.1, 0.15) is 0 Å². The number of anilines is 2. The maximum atomic E-state index is 11.1. The summed E-state index contributed by atoms with van der Waals surface area (Å²) >= 11 is 0. The Bertz CT molecular complexity index is 482. The number of aromatic nitrogens is 3. The first-order valence-corrected chi connectivity index (χ1v) is 6.50. The smallest absolute Gasteiger partial charge is 0.323 e. The zero-order valence-corrected chi connectivity index (χ0v) is 11.6. The maximum Gasteiger partial charge on any atom is 0.323 e. The van der Waals surface area contributed by atoms with Crippen molar-refractivity contribution in [3.8, 4) is 6.01 Å². The third-order valence-corrected chi connectivity index (χ3v) is 2.88. The fourth-order valence-corrected chi connectivity index (χ4v) is 2.09. The quantitative estimate of drug-likeness (QED) is 0.477. The van der Waals surface area contributed by atoms with E-state index < -0.39 is 0 Å². The number of carbonyl (C=O) groups excluding carboxylic acids is 1. The summed E-state index contributed by atoms with van der Waals surface area (Å²) in [4.78, 5) is 25.5. The van der Waals surface area contributed by atoms with Gasteiger partial charge in [-0.1, -0.05) is 0 Å². The second-order valence-corrected chi connectivity index (χ2v) is 4.45. The number of nitrogens with one attached hydrogen (secondary N) is 2. The van der Waals surface area contributed by atoms with E-state index in [4.69, 9.17) is 10.6 Å². The average molecular weight is 281 g/mol. The second kappa shape index (κ2) is 6.33. The number of carbonyl (C=O) groups is 1. The Hall–Kier alpha value is -2.16. The molecule has 9 heteroatoms.